The van der Waals surface area contributed by atoms with Crippen molar-refractivity contribution in [1.82, 2.24) is 24.5 Å². The number of pyridine rings is 1. The highest BCUT2D eigenvalue weighted by atomic mass is 32.1. The number of fused-ring (bicyclic) bond motifs is 1. The average Bonchev–Trinajstić information content (AvgIpc) is 3.45. The Labute approximate surface area is 191 Å². The smallest absolute Gasteiger partial charge is 0.365 e. The molecule has 0 atom stereocenters. The molecule has 0 aliphatic carbocycles. The third-order valence-electron chi connectivity index (χ3n) is 5.03. The van der Waals surface area contributed by atoms with Gasteiger partial charge in [0.2, 0.25) is 0 Å². The summed E-state index contributed by atoms with van der Waals surface area (Å²) in [6.07, 6.45) is -2.52. The quantitative estimate of drug-likeness (QED) is 0.403. The number of hydrogen-bond donors (Lipinski definition) is 2. The number of hydrogen-bond acceptors (Lipinski definition) is 6. The molecule has 34 heavy (non-hydrogen) atoms. The number of carbonyl (C=O) groups excluding carboxylic acids is 2. The zero-order valence-corrected chi connectivity index (χ0v) is 18.1. The Morgan fingerprint density at radius 2 is 1.91 bits per heavy atom. The molecule has 15 heteroatoms. The number of nitrogens with zero attached hydrogens (tertiary/aromatic N) is 5. The fraction of sp³-hybridized carbons (Fsp3) is 0.211. The van der Waals surface area contributed by atoms with Crippen molar-refractivity contribution in [3.05, 3.63) is 46.5 Å². The molecule has 178 valence electrons. The Kier molecular flexibility index (Phi) is 5.59. The van der Waals surface area contributed by atoms with E-state index >= 15 is 0 Å². The van der Waals surface area contributed by atoms with E-state index in [1.54, 1.807) is 14.0 Å². The fourth-order valence-electron chi connectivity index (χ4n) is 3.34. The summed E-state index contributed by atoms with van der Waals surface area (Å²) in [6, 6.07) is 1.79. The topological polar surface area (TPSA) is 121 Å². The molecule has 0 bridgehead atoms. The van der Waals surface area contributed by atoms with Crippen LogP contribution in [0.1, 0.15) is 38.1 Å². The lowest BCUT2D eigenvalue weighted by Crippen LogP contribution is -2.20. The van der Waals surface area contributed by atoms with Gasteiger partial charge in [-0.15, -0.1) is 11.3 Å². The van der Waals surface area contributed by atoms with Gasteiger partial charge in [-0.1, -0.05) is 0 Å². The van der Waals surface area contributed by atoms with Gasteiger partial charge < -0.3 is 11.1 Å². The first-order valence-electron chi connectivity index (χ1n) is 9.36. The Hall–Kier alpha value is -3.88. The van der Waals surface area contributed by atoms with E-state index in [4.69, 9.17) is 5.73 Å². The van der Waals surface area contributed by atoms with Crippen molar-refractivity contribution >= 4 is 39.1 Å². The van der Waals surface area contributed by atoms with E-state index in [0.717, 1.165) is 18.3 Å². The van der Waals surface area contributed by atoms with E-state index in [-0.39, 0.29) is 36.6 Å². The number of nitrogens with two attached hydrogens (primary N) is 1. The molecule has 4 aromatic heterocycles. The van der Waals surface area contributed by atoms with Gasteiger partial charge in [0, 0.05) is 29.9 Å². The molecule has 2 amide bonds. The van der Waals surface area contributed by atoms with Crippen molar-refractivity contribution in [2.24, 2.45) is 12.8 Å². The minimum atomic E-state index is -4.82. The van der Waals surface area contributed by atoms with Crippen LogP contribution in [0.3, 0.4) is 0 Å². The van der Waals surface area contributed by atoms with Crippen LogP contribution in [0.5, 0.6) is 0 Å². The summed E-state index contributed by atoms with van der Waals surface area (Å²) < 4.78 is 68.7. The number of halogens is 5. The molecule has 0 fully saturated rings. The van der Waals surface area contributed by atoms with Crippen LogP contribution in [0, 0.1) is 6.92 Å². The number of thiophene rings is 1. The Balaban J connectivity index is 2.00. The lowest BCUT2D eigenvalue weighted by atomic mass is 10.0. The largest absolute Gasteiger partial charge is 0.433 e. The van der Waals surface area contributed by atoms with Crippen molar-refractivity contribution in [1.29, 1.82) is 0 Å². The molecule has 0 spiro atoms. The molecule has 9 nitrogen and oxygen atoms in total. The van der Waals surface area contributed by atoms with Crippen LogP contribution >= 0.6 is 11.3 Å². The third kappa shape index (κ3) is 3.87. The van der Waals surface area contributed by atoms with E-state index in [2.05, 4.69) is 20.5 Å². The highest BCUT2D eigenvalue weighted by molar-refractivity contribution is 7.21. The Morgan fingerprint density at radius 3 is 2.47 bits per heavy atom. The first-order chi connectivity index (χ1) is 15.9. The maximum absolute atomic E-state index is 13.6. The molecule has 4 aromatic rings. The number of amides is 2. The van der Waals surface area contributed by atoms with Gasteiger partial charge in [0.25, 0.3) is 11.8 Å². The van der Waals surface area contributed by atoms with Crippen LogP contribution in [0.4, 0.5) is 27.6 Å². The Morgan fingerprint density at radius 1 is 1.21 bits per heavy atom. The number of nitrogens with one attached hydrogen (secondary N) is 1. The molecule has 3 N–H and O–H groups in total. The summed E-state index contributed by atoms with van der Waals surface area (Å²) in [5, 5.41) is 9.73. The van der Waals surface area contributed by atoms with Crippen molar-refractivity contribution in [3.63, 3.8) is 0 Å². The van der Waals surface area contributed by atoms with Gasteiger partial charge in [-0.2, -0.15) is 36.8 Å². The van der Waals surface area contributed by atoms with E-state index in [1.165, 1.54) is 10.9 Å². The molecular formula is C19H14F5N7O2S. The highest BCUT2D eigenvalue weighted by Gasteiger charge is 2.35. The maximum Gasteiger partial charge on any atom is 0.433 e. The van der Waals surface area contributed by atoms with Crippen LogP contribution in [-0.2, 0) is 13.2 Å². The number of alkyl halides is 5. The second-order valence-corrected chi connectivity index (χ2v) is 8.06. The molecule has 0 aliphatic heterocycles. The minimum absolute atomic E-state index is 0.0145. The molecule has 0 saturated heterocycles. The lowest BCUT2D eigenvalue weighted by Gasteiger charge is -2.12. The van der Waals surface area contributed by atoms with Gasteiger partial charge in [-0.05, 0) is 24.6 Å². The normalized spacial score (nSPS) is 12.0. The summed E-state index contributed by atoms with van der Waals surface area (Å²) in [6.45, 7) is -1.52. The van der Waals surface area contributed by atoms with E-state index in [0.29, 0.717) is 17.0 Å². The number of primary amides is 1. The van der Waals surface area contributed by atoms with Gasteiger partial charge in [0.05, 0.1) is 11.9 Å². The van der Waals surface area contributed by atoms with Crippen LogP contribution < -0.4 is 11.1 Å². The van der Waals surface area contributed by atoms with Gasteiger partial charge in [0.1, 0.15) is 21.1 Å². The van der Waals surface area contributed by atoms with Crippen molar-refractivity contribution in [2.45, 2.75) is 19.6 Å². The predicted molar refractivity (Wildman–Crippen MR) is 112 cm³/mol. The number of aromatic nitrogens is 5. The molecule has 0 aromatic carbocycles. The summed E-state index contributed by atoms with van der Waals surface area (Å²) in [5.74, 6) is -2.13. The number of aryl methyl sites for hydroxylation is 1. The van der Waals surface area contributed by atoms with Crippen molar-refractivity contribution in [2.75, 3.05) is 5.32 Å². The fourth-order valence-corrected chi connectivity index (χ4v) is 4.35. The van der Waals surface area contributed by atoms with Crippen LogP contribution in [0.2, 0.25) is 0 Å². The van der Waals surface area contributed by atoms with Crippen molar-refractivity contribution in [3.8, 4) is 11.1 Å². The number of rotatable bonds is 5. The molecule has 0 radical (unpaired) electrons. The summed E-state index contributed by atoms with van der Waals surface area (Å²) >= 11 is 0.535. The molecule has 0 saturated carbocycles. The average molecular weight is 499 g/mol. The lowest BCUT2D eigenvalue weighted by molar-refractivity contribution is -0.140. The maximum atomic E-state index is 13.6. The summed E-state index contributed by atoms with van der Waals surface area (Å²) in [5.41, 5.74) is 4.14. The van der Waals surface area contributed by atoms with Crippen LogP contribution in [-0.4, -0.2) is 36.4 Å². The molecule has 4 heterocycles. The zero-order valence-electron chi connectivity index (χ0n) is 17.3. The molecule has 0 aliphatic rings. The zero-order chi connectivity index (χ0) is 24.9. The van der Waals surface area contributed by atoms with Gasteiger partial charge >= 0.3 is 12.7 Å². The molecular weight excluding hydrogens is 485 g/mol. The number of carbonyl (C=O) groups is 2. The Bertz CT molecular complexity index is 1440. The summed E-state index contributed by atoms with van der Waals surface area (Å²) in [7, 11) is 1.58. The van der Waals surface area contributed by atoms with Crippen LogP contribution in [0.15, 0.2) is 24.5 Å². The first kappa shape index (κ1) is 23.3. The summed E-state index contributed by atoms with van der Waals surface area (Å²) in [4.78, 5) is 28.0. The molecule has 0 unspecified atom stereocenters. The van der Waals surface area contributed by atoms with Crippen molar-refractivity contribution < 1.29 is 31.5 Å². The first-order valence-corrected chi connectivity index (χ1v) is 10.2. The second kappa shape index (κ2) is 8.16. The van der Waals surface area contributed by atoms with Gasteiger partial charge in [-0.3, -0.25) is 14.3 Å². The standard InChI is InChI=1S/C19H14F5N7O2S/c1-7-9(6-27-30(7)2)8-5-11(19(22,23)24)28-17-12(8)13(14(34-17)15(25)32)29-16(33)10-3-4-26-31(10)18(20)21/h3-6,18H,1-2H3,(H2,25,32)(H,29,33). The predicted octanol–water partition coefficient (Wildman–Crippen LogP) is 3.97. The van der Waals surface area contributed by atoms with Gasteiger partial charge in [-0.25, -0.2) is 4.98 Å². The van der Waals surface area contributed by atoms with E-state index < -0.39 is 35.9 Å². The third-order valence-corrected chi connectivity index (χ3v) is 6.13. The number of anilines is 1. The molecule has 4 rings (SSSR count). The minimum Gasteiger partial charge on any atom is -0.365 e. The SMILES string of the molecule is Cc1c(-c2cc(C(F)(F)F)nc3sc(C(N)=O)c(NC(=O)c4ccnn4C(F)F)c23)cnn1C. The second-order valence-electron chi connectivity index (χ2n) is 7.06. The van der Waals surface area contributed by atoms with E-state index in [1.807, 2.05) is 0 Å². The monoisotopic (exact) mass is 499 g/mol. The highest BCUT2D eigenvalue weighted by Crippen LogP contribution is 2.44. The van der Waals surface area contributed by atoms with Gasteiger partial charge in [0.15, 0.2) is 0 Å². The van der Waals surface area contributed by atoms with Crippen LogP contribution in [0.25, 0.3) is 21.3 Å². The van der Waals surface area contributed by atoms with E-state index in [9.17, 15) is 31.5 Å².